The third-order valence-electron chi connectivity index (χ3n) is 1.89. The Kier molecular flexibility index (Phi) is 2.56. The van der Waals surface area contributed by atoms with E-state index in [9.17, 15) is 0 Å². The molecular formula is C11H17NO. The molecule has 0 aliphatic carbocycles. The first kappa shape index (κ1) is 9.98. The van der Waals surface area contributed by atoms with Crippen LogP contribution in [0, 0.1) is 18.3 Å². The third kappa shape index (κ3) is 2.69. The summed E-state index contributed by atoms with van der Waals surface area (Å²) in [5.41, 5.74) is -0.168. The lowest BCUT2D eigenvalue weighted by Gasteiger charge is -2.40. The molecular weight excluding hydrogens is 162 g/mol. The maximum atomic E-state index is 5.60. The molecule has 0 spiro atoms. The first-order valence-electron chi connectivity index (χ1n) is 4.51. The van der Waals surface area contributed by atoms with Crippen LogP contribution in [0.4, 0.5) is 0 Å². The van der Waals surface area contributed by atoms with Gasteiger partial charge in [0.1, 0.15) is 5.60 Å². The van der Waals surface area contributed by atoms with Crippen LogP contribution in [0.2, 0.25) is 0 Å². The standard InChI is InChI=1S/C11H17NO/c1-6-10-7-12(8-10)9(2)13-11(3,4)5/h1,10H,2,7-8H2,3-5H3. The van der Waals surface area contributed by atoms with Crippen LogP contribution in [0.1, 0.15) is 20.8 Å². The van der Waals surface area contributed by atoms with Crippen LogP contribution >= 0.6 is 0 Å². The molecule has 72 valence electrons. The van der Waals surface area contributed by atoms with Crippen molar-refractivity contribution in [1.82, 2.24) is 4.90 Å². The minimum atomic E-state index is -0.168. The van der Waals surface area contributed by atoms with Crippen molar-refractivity contribution in [2.45, 2.75) is 26.4 Å². The summed E-state index contributed by atoms with van der Waals surface area (Å²) in [7, 11) is 0. The molecule has 13 heavy (non-hydrogen) atoms. The zero-order chi connectivity index (χ0) is 10.1. The van der Waals surface area contributed by atoms with Crippen LogP contribution in [-0.2, 0) is 4.74 Å². The number of hydrogen-bond donors (Lipinski definition) is 0. The maximum Gasteiger partial charge on any atom is 0.182 e. The van der Waals surface area contributed by atoms with Gasteiger partial charge in [-0.15, -0.1) is 6.42 Å². The molecule has 1 aliphatic rings. The molecule has 0 atom stereocenters. The maximum absolute atomic E-state index is 5.60. The van der Waals surface area contributed by atoms with Crippen LogP contribution in [0.5, 0.6) is 0 Å². The largest absolute Gasteiger partial charge is 0.474 e. The normalized spacial score (nSPS) is 17.5. The second-order valence-corrected chi connectivity index (χ2v) is 4.38. The van der Waals surface area contributed by atoms with Crippen LogP contribution in [0.25, 0.3) is 0 Å². The lowest BCUT2D eigenvalue weighted by atomic mass is 10.0. The predicted molar refractivity (Wildman–Crippen MR) is 53.9 cm³/mol. The molecule has 0 radical (unpaired) electrons. The summed E-state index contributed by atoms with van der Waals surface area (Å²) in [4.78, 5) is 2.07. The molecule has 0 aromatic rings. The molecule has 1 rings (SSSR count). The van der Waals surface area contributed by atoms with Crippen LogP contribution in [0.15, 0.2) is 12.5 Å². The highest BCUT2D eigenvalue weighted by molar-refractivity contribution is 5.06. The van der Waals surface area contributed by atoms with E-state index in [1.807, 2.05) is 20.8 Å². The molecule has 0 saturated carbocycles. The van der Waals surface area contributed by atoms with Crippen molar-refractivity contribution in [1.29, 1.82) is 0 Å². The summed E-state index contributed by atoms with van der Waals surface area (Å²) in [5, 5.41) is 0. The number of hydrogen-bond acceptors (Lipinski definition) is 2. The van der Waals surface area contributed by atoms with Gasteiger partial charge in [0, 0.05) is 13.1 Å². The van der Waals surface area contributed by atoms with Crippen molar-refractivity contribution in [3.8, 4) is 12.3 Å². The van der Waals surface area contributed by atoms with Gasteiger partial charge in [-0.1, -0.05) is 5.92 Å². The highest BCUT2D eigenvalue weighted by Gasteiger charge is 2.28. The van der Waals surface area contributed by atoms with Gasteiger partial charge in [0.25, 0.3) is 0 Å². The fourth-order valence-corrected chi connectivity index (χ4v) is 1.21. The van der Waals surface area contributed by atoms with Crippen molar-refractivity contribution in [3.05, 3.63) is 12.5 Å². The molecule has 1 heterocycles. The summed E-state index contributed by atoms with van der Waals surface area (Å²) in [6, 6.07) is 0. The molecule has 0 unspecified atom stereocenters. The highest BCUT2D eigenvalue weighted by Crippen LogP contribution is 2.23. The minimum absolute atomic E-state index is 0.168. The Morgan fingerprint density at radius 3 is 2.46 bits per heavy atom. The van der Waals surface area contributed by atoms with Crippen LogP contribution in [0.3, 0.4) is 0 Å². The molecule has 2 heteroatoms. The van der Waals surface area contributed by atoms with Gasteiger partial charge in [0.2, 0.25) is 0 Å². The molecule has 0 bridgehead atoms. The number of ether oxygens (including phenoxy) is 1. The fourth-order valence-electron chi connectivity index (χ4n) is 1.21. The van der Waals surface area contributed by atoms with E-state index in [0.29, 0.717) is 5.92 Å². The van der Waals surface area contributed by atoms with Crippen molar-refractivity contribution >= 4 is 0 Å². The molecule has 1 aliphatic heterocycles. The highest BCUT2D eigenvalue weighted by atomic mass is 16.5. The Hall–Kier alpha value is -1.10. The van der Waals surface area contributed by atoms with Crippen molar-refractivity contribution in [2.75, 3.05) is 13.1 Å². The molecule has 2 nitrogen and oxygen atoms in total. The van der Waals surface area contributed by atoms with Gasteiger partial charge in [-0.25, -0.2) is 0 Å². The van der Waals surface area contributed by atoms with Crippen molar-refractivity contribution in [3.63, 3.8) is 0 Å². The van der Waals surface area contributed by atoms with E-state index in [2.05, 4.69) is 17.4 Å². The Morgan fingerprint density at radius 2 is 2.08 bits per heavy atom. The van der Waals surface area contributed by atoms with Crippen LogP contribution < -0.4 is 0 Å². The van der Waals surface area contributed by atoms with Gasteiger partial charge in [-0.3, -0.25) is 0 Å². The van der Waals surface area contributed by atoms with Gasteiger partial charge < -0.3 is 9.64 Å². The van der Waals surface area contributed by atoms with Gasteiger partial charge in [0.05, 0.1) is 5.92 Å². The van der Waals surface area contributed by atoms with Gasteiger partial charge in [-0.2, -0.15) is 0 Å². The fraction of sp³-hybridized carbons (Fsp3) is 0.636. The second kappa shape index (κ2) is 3.33. The summed E-state index contributed by atoms with van der Waals surface area (Å²) < 4.78 is 5.60. The van der Waals surface area contributed by atoms with E-state index in [0.717, 1.165) is 19.0 Å². The average Bonchev–Trinajstić information content (AvgIpc) is 1.79. The molecule has 1 saturated heterocycles. The smallest absolute Gasteiger partial charge is 0.182 e. The Labute approximate surface area is 80.6 Å². The zero-order valence-corrected chi connectivity index (χ0v) is 8.63. The van der Waals surface area contributed by atoms with E-state index in [1.54, 1.807) is 0 Å². The average molecular weight is 179 g/mol. The van der Waals surface area contributed by atoms with E-state index in [1.165, 1.54) is 0 Å². The quantitative estimate of drug-likeness (QED) is 0.473. The van der Waals surface area contributed by atoms with Crippen LogP contribution in [-0.4, -0.2) is 23.6 Å². The SMILES string of the molecule is C#CC1CN(C(=C)OC(C)(C)C)C1. The molecule has 0 N–H and O–H groups in total. The van der Waals surface area contributed by atoms with E-state index < -0.39 is 0 Å². The van der Waals surface area contributed by atoms with E-state index >= 15 is 0 Å². The van der Waals surface area contributed by atoms with Crippen molar-refractivity contribution < 1.29 is 4.74 Å². The summed E-state index contributed by atoms with van der Waals surface area (Å²) >= 11 is 0. The Bertz CT molecular complexity index is 238. The first-order chi connectivity index (χ1) is 5.92. The number of likely N-dealkylation sites (tertiary alicyclic amines) is 1. The lowest BCUT2D eigenvalue weighted by molar-refractivity contribution is -0.0218. The topological polar surface area (TPSA) is 12.5 Å². The predicted octanol–water partition coefficient (Wildman–Crippen LogP) is 1.84. The summed E-state index contributed by atoms with van der Waals surface area (Å²) in [6.07, 6.45) is 5.28. The lowest BCUT2D eigenvalue weighted by Crippen LogP contribution is -2.46. The number of rotatable bonds is 2. The number of terminal acetylenes is 1. The van der Waals surface area contributed by atoms with Gasteiger partial charge in [-0.05, 0) is 27.4 Å². The number of nitrogens with zero attached hydrogens (tertiary/aromatic N) is 1. The molecule has 0 amide bonds. The molecule has 1 fully saturated rings. The van der Waals surface area contributed by atoms with Crippen molar-refractivity contribution in [2.24, 2.45) is 5.92 Å². The minimum Gasteiger partial charge on any atom is -0.474 e. The van der Waals surface area contributed by atoms with Gasteiger partial charge >= 0.3 is 0 Å². The second-order valence-electron chi connectivity index (χ2n) is 4.38. The Balaban J connectivity index is 2.33. The summed E-state index contributed by atoms with van der Waals surface area (Å²) in [6.45, 7) is 11.7. The summed E-state index contributed by atoms with van der Waals surface area (Å²) in [5.74, 6) is 3.82. The zero-order valence-electron chi connectivity index (χ0n) is 8.63. The Morgan fingerprint density at radius 1 is 1.54 bits per heavy atom. The van der Waals surface area contributed by atoms with E-state index in [4.69, 9.17) is 11.2 Å². The molecule has 0 aromatic carbocycles. The van der Waals surface area contributed by atoms with Gasteiger partial charge in [0.15, 0.2) is 5.88 Å². The molecule has 0 aromatic heterocycles. The monoisotopic (exact) mass is 179 g/mol. The first-order valence-corrected chi connectivity index (χ1v) is 4.51. The van der Waals surface area contributed by atoms with E-state index in [-0.39, 0.29) is 5.60 Å². The third-order valence-corrected chi connectivity index (χ3v) is 1.89.